The van der Waals surface area contributed by atoms with Crippen LogP contribution >= 0.6 is 11.3 Å². The standard InChI is InChI=1S/C29H21N3OS/c1-3-11-20(12-4-1)27-22-15-7-9-17-25(22)33-28(21-13-5-2-6-14-21)23(27)19-30-32-29-31-24-16-8-10-18-26(24)34-29/h1-19,27H,(H,31,32)/b30-19+. The zero-order chi connectivity index (χ0) is 22.7. The van der Waals surface area contributed by atoms with Gasteiger partial charge < -0.3 is 4.74 Å². The SMILES string of the molecule is C(=N\Nc1nc2ccccc2s1)/C1=C(c2ccccc2)Oc2ccccc2C1c1ccccc1. The molecule has 5 aromatic rings. The van der Waals surface area contributed by atoms with Crippen LogP contribution in [0.2, 0.25) is 0 Å². The normalized spacial score (nSPS) is 15.4. The molecule has 0 spiro atoms. The fourth-order valence-corrected chi connectivity index (χ4v) is 5.12. The molecule has 0 saturated carbocycles. The van der Waals surface area contributed by atoms with Gasteiger partial charge >= 0.3 is 0 Å². The highest BCUT2D eigenvalue weighted by Gasteiger charge is 2.30. The highest BCUT2D eigenvalue weighted by molar-refractivity contribution is 7.22. The number of benzene rings is 4. The fourth-order valence-electron chi connectivity index (χ4n) is 4.31. The average Bonchev–Trinajstić information content (AvgIpc) is 3.32. The molecule has 6 rings (SSSR count). The van der Waals surface area contributed by atoms with Crippen molar-refractivity contribution in [1.29, 1.82) is 0 Å². The van der Waals surface area contributed by atoms with Crippen LogP contribution in [-0.4, -0.2) is 11.2 Å². The van der Waals surface area contributed by atoms with Crippen molar-refractivity contribution < 1.29 is 4.74 Å². The molecule has 1 N–H and O–H groups in total. The van der Waals surface area contributed by atoms with Crippen molar-refractivity contribution in [2.45, 2.75) is 5.92 Å². The third-order valence-electron chi connectivity index (χ3n) is 5.84. The molecule has 1 aliphatic rings. The van der Waals surface area contributed by atoms with E-state index >= 15 is 0 Å². The Hall–Kier alpha value is -4.22. The van der Waals surface area contributed by atoms with Crippen LogP contribution < -0.4 is 10.2 Å². The van der Waals surface area contributed by atoms with Crippen LogP contribution in [0.5, 0.6) is 5.75 Å². The molecule has 1 aliphatic heterocycles. The molecule has 1 aromatic heterocycles. The Morgan fingerprint density at radius 2 is 1.50 bits per heavy atom. The Balaban J connectivity index is 1.46. The number of fused-ring (bicyclic) bond motifs is 2. The van der Waals surface area contributed by atoms with Gasteiger partial charge in [-0.05, 0) is 23.8 Å². The molecule has 0 radical (unpaired) electrons. The number of rotatable bonds is 5. The number of hydrogen-bond acceptors (Lipinski definition) is 5. The van der Waals surface area contributed by atoms with Gasteiger partial charge in [-0.2, -0.15) is 5.10 Å². The van der Waals surface area contributed by atoms with Crippen molar-refractivity contribution in [3.8, 4) is 5.75 Å². The number of nitrogens with zero attached hydrogens (tertiary/aromatic N) is 2. The van der Waals surface area contributed by atoms with E-state index < -0.39 is 0 Å². The lowest BCUT2D eigenvalue weighted by atomic mass is 9.82. The minimum absolute atomic E-state index is 0.0118. The smallest absolute Gasteiger partial charge is 0.204 e. The molecule has 1 atom stereocenters. The van der Waals surface area contributed by atoms with E-state index in [1.54, 1.807) is 11.3 Å². The van der Waals surface area contributed by atoms with Crippen molar-refractivity contribution in [2.24, 2.45) is 5.10 Å². The zero-order valence-electron chi connectivity index (χ0n) is 18.3. The maximum absolute atomic E-state index is 6.48. The molecule has 0 saturated heterocycles. The van der Waals surface area contributed by atoms with Gasteiger partial charge in [-0.3, -0.25) is 5.43 Å². The van der Waals surface area contributed by atoms with Gasteiger partial charge in [-0.1, -0.05) is 102 Å². The first-order valence-corrected chi connectivity index (χ1v) is 11.9. The van der Waals surface area contributed by atoms with Gasteiger partial charge in [0.1, 0.15) is 11.5 Å². The van der Waals surface area contributed by atoms with Crippen LogP contribution in [0.15, 0.2) is 120 Å². The Bertz CT molecular complexity index is 1470. The summed E-state index contributed by atoms with van der Waals surface area (Å²) in [6, 6.07) is 37.0. The second-order valence-corrected chi connectivity index (χ2v) is 9.02. The summed E-state index contributed by atoms with van der Waals surface area (Å²) >= 11 is 1.58. The Morgan fingerprint density at radius 3 is 2.32 bits per heavy atom. The van der Waals surface area contributed by atoms with Crippen LogP contribution in [0.3, 0.4) is 0 Å². The van der Waals surface area contributed by atoms with Crippen molar-refractivity contribution in [1.82, 2.24) is 4.98 Å². The van der Waals surface area contributed by atoms with Crippen molar-refractivity contribution >= 4 is 38.7 Å². The Morgan fingerprint density at radius 1 is 0.794 bits per heavy atom. The third-order valence-corrected chi connectivity index (χ3v) is 6.78. The van der Waals surface area contributed by atoms with E-state index in [4.69, 9.17) is 4.74 Å². The van der Waals surface area contributed by atoms with Gasteiger partial charge in [0.15, 0.2) is 0 Å². The van der Waals surface area contributed by atoms with E-state index in [9.17, 15) is 0 Å². The quantitative estimate of drug-likeness (QED) is 0.221. The van der Waals surface area contributed by atoms with Gasteiger partial charge in [-0.15, -0.1) is 0 Å². The summed E-state index contributed by atoms with van der Waals surface area (Å²) in [5.74, 6) is 1.66. The topological polar surface area (TPSA) is 46.5 Å². The van der Waals surface area contributed by atoms with E-state index in [0.29, 0.717) is 0 Å². The molecule has 4 nitrogen and oxygen atoms in total. The maximum atomic E-state index is 6.48. The number of thiazole rings is 1. The minimum Gasteiger partial charge on any atom is -0.456 e. The fraction of sp³-hybridized carbons (Fsp3) is 0.0345. The largest absolute Gasteiger partial charge is 0.456 e. The van der Waals surface area contributed by atoms with Crippen molar-refractivity contribution in [3.63, 3.8) is 0 Å². The molecule has 4 aromatic carbocycles. The monoisotopic (exact) mass is 459 g/mol. The van der Waals surface area contributed by atoms with Crippen molar-refractivity contribution in [2.75, 3.05) is 5.43 Å². The lowest BCUT2D eigenvalue weighted by molar-refractivity contribution is 0.489. The molecular formula is C29H21N3OS. The summed E-state index contributed by atoms with van der Waals surface area (Å²) in [5, 5.41) is 5.38. The van der Waals surface area contributed by atoms with E-state index in [1.165, 1.54) is 5.56 Å². The molecule has 0 aliphatic carbocycles. The van der Waals surface area contributed by atoms with Gasteiger partial charge in [0.25, 0.3) is 0 Å². The van der Waals surface area contributed by atoms with Crippen LogP contribution in [0.25, 0.3) is 16.0 Å². The third kappa shape index (κ3) is 3.87. The first-order chi connectivity index (χ1) is 16.9. The van der Waals surface area contributed by atoms with Gasteiger partial charge in [0.2, 0.25) is 5.13 Å². The van der Waals surface area contributed by atoms with E-state index in [-0.39, 0.29) is 5.92 Å². The van der Waals surface area contributed by atoms with Crippen LogP contribution in [0.4, 0.5) is 5.13 Å². The summed E-state index contributed by atoms with van der Waals surface area (Å²) in [6.45, 7) is 0. The lowest BCUT2D eigenvalue weighted by Gasteiger charge is -2.29. The number of anilines is 1. The summed E-state index contributed by atoms with van der Waals surface area (Å²) in [4.78, 5) is 4.63. The van der Waals surface area contributed by atoms with Crippen molar-refractivity contribution in [3.05, 3.63) is 131 Å². The number of allylic oxidation sites excluding steroid dienone is 1. The minimum atomic E-state index is -0.0118. The predicted molar refractivity (Wildman–Crippen MR) is 140 cm³/mol. The van der Waals surface area contributed by atoms with E-state index in [2.05, 4.69) is 70.1 Å². The van der Waals surface area contributed by atoms with Crippen LogP contribution in [0.1, 0.15) is 22.6 Å². The second kappa shape index (κ2) is 8.96. The molecule has 1 unspecified atom stereocenters. The molecule has 164 valence electrons. The number of nitrogens with one attached hydrogen (secondary N) is 1. The summed E-state index contributed by atoms with van der Waals surface area (Å²) in [6.07, 6.45) is 1.88. The molecule has 34 heavy (non-hydrogen) atoms. The van der Waals surface area contributed by atoms with E-state index in [0.717, 1.165) is 43.6 Å². The van der Waals surface area contributed by atoms with E-state index in [1.807, 2.05) is 60.8 Å². The Labute approximate surface area is 201 Å². The average molecular weight is 460 g/mol. The summed E-state index contributed by atoms with van der Waals surface area (Å²) in [7, 11) is 0. The molecule has 2 heterocycles. The zero-order valence-corrected chi connectivity index (χ0v) is 19.1. The number of ether oxygens (including phenoxy) is 1. The predicted octanol–water partition coefficient (Wildman–Crippen LogP) is 7.33. The van der Waals surface area contributed by atoms with Crippen LogP contribution in [-0.2, 0) is 0 Å². The number of hydrogen-bond donors (Lipinski definition) is 1. The molecule has 0 bridgehead atoms. The highest BCUT2D eigenvalue weighted by Crippen LogP contribution is 2.45. The van der Waals surface area contributed by atoms with Gasteiger partial charge in [0, 0.05) is 22.6 Å². The second-order valence-electron chi connectivity index (χ2n) is 7.99. The molecule has 5 heteroatoms. The summed E-state index contributed by atoms with van der Waals surface area (Å²) < 4.78 is 7.61. The lowest BCUT2D eigenvalue weighted by Crippen LogP contribution is -2.17. The molecule has 0 amide bonds. The first kappa shape index (κ1) is 20.4. The molecule has 0 fully saturated rings. The highest BCUT2D eigenvalue weighted by atomic mass is 32.1. The first-order valence-electron chi connectivity index (χ1n) is 11.1. The van der Waals surface area contributed by atoms with Crippen LogP contribution in [0, 0.1) is 0 Å². The van der Waals surface area contributed by atoms with Gasteiger partial charge in [0.05, 0.1) is 16.4 Å². The Kier molecular flexibility index (Phi) is 5.38. The number of hydrazone groups is 1. The molecular weight excluding hydrogens is 438 g/mol. The maximum Gasteiger partial charge on any atom is 0.204 e. The van der Waals surface area contributed by atoms with Gasteiger partial charge in [-0.25, -0.2) is 4.98 Å². The number of aromatic nitrogens is 1. The summed E-state index contributed by atoms with van der Waals surface area (Å²) in [5.41, 5.74) is 8.41. The number of para-hydroxylation sites is 2.